The normalized spacial score (nSPS) is 22.3. The summed E-state index contributed by atoms with van der Waals surface area (Å²) < 4.78 is 25.6. The van der Waals surface area contributed by atoms with Crippen molar-refractivity contribution in [1.29, 1.82) is 0 Å². The van der Waals surface area contributed by atoms with E-state index in [-0.39, 0.29) is 23.5 Å². The van der Waals surface area contributed by atoms with Crippen LogP contribution in [0.1, 0.15) is 62.0 Å². The Labute approximate surface area is 174 Å². The molecule has 0 spiro atoms. The summed E-state index contributed by atoms with van der Waals surface area (Å²) in [5, 5.41) is 4.65. The van der Waals surface area contributed by atoms with Gasteiger partial charge in [0.05, 0.1) is 35.9 Å². The number of carbonyl (C=O) groups is 1. The summed E-state index contributed by atoms with van der Waals surface area (Å²) in [6.07, 6.45) is 7.28. The van der Waals surface area contributed by atoms with Crippen molar-refractivity contribution in [1.82, 2.24) is 14.7 Å². The smallest absolute Gasteiger partial charge is 0.281 e. The first-order valence-electron chi connectivity index (χ1n) is 10.8. The lowest BCUT2D eigenvalue weighted by atomic mass is 10.0. The van der Waals surface area contributed by atoms with Crippen LogP contribution in [0.3, 0.4) is 0 Å². The Morgan fingerprint density at radius 3 is 2.69 bits per heavy atom. The molecule has 0 radical (unpaired) electrons. The summed E-state index contributed by atoms with van der Waals surface area (Å²) in [5.74, 6) is 0.590. The predicted octanol–water partition coefficient (Wildman–Crippen LogP) is 1.18. The number of sulfone groups is 1. The second-order valence-corrected chi connectivity index (χ2v) is 10.8. The molecule has 1 N–H and O–H groups in total. The van der Waals surface area contributed by atoms with Crippen LogP contribution in [0.2, 0.25) is 0 Å². The van der Waals surface area contributed by atoms with Gasteiger partial charge in [-0.15, -0.1) is 0 Å². The Bertz CT molecular complexity index is 888. The van der Waals surface area contributed by atoms with E-state index in [9.17, 15) is 13.2 Å². The molecule has 3 rings (SSSR count). The van der Waals surface area contributed by atoms with Gasteiger partial charge in [0.25, 0.3) is 5.91 Å². The number of nitrogens with one attached hydrogen (secondary N) is 1. The Morgan fingerprint density at radius 1 is 1.34 bits per heavy atom. The molecule has 0 saturated carbocycles. The van der Waals surface area contributed by atoms with E-state index in [2.05, 4.69) is 11.2 Å². The first kappa shape index (κ1) is 22.0. The maximum atomic E-state index is 12.9. The van der Waals surface area contributed by atoms with Gasteiger partial charge in [0.15, 0.2) is 16.4 Å². The van der Waals surface area contributed by atoms with Gasteiger partial charge < -0.3 is 9.80 Å². The van der Waals surface area contributed by atoms with E-state index in [1.165, 1.54) is 12.1 Å². The number of hydrogen-bond acceptors (Lipinski definition) is 4. The standard InChI is InChI=1S/C21H34N4O3S/c1-5-24(18-9-7-6-8-10-18)21(26)14-23(4)13-20-16(2)22-25(17(20)3)19-11-12-29(27,28)15-19/h9,19H,5-8,10-15H2,1-4H3/p+1/t19-/m1/s1. The summed E-state index contributed by atoms with van der Waals surface area (Å²) in [7, 11) is -0.909. The zero-order valence-electron chi connectivity index (χ0n) is 18.2. The maximum Gasteiger partial charge on any atom is 0.281 e. The lowest BCUT2D eigenvalue weighted by molar-refractivity contribution is -0.885. The van der Waals surface area contributed by atoms with Crippen molar-refractivity contribution in [3.05, 3.63) is 28.7 Å². The summed E-state index contributed by atoms with van der Waals surface area (Å²) in [6.45, 7) is 7.89. The van der Waals surface area contributed by atoms with Crippen molar-refractivity contribution in [2.24, 2.45) is 0 Å². The molecule has 2 atom stereocenters. The van der Waals surface area contributed by atoms with Crippen LogP contribution in [-0.2, 0) is 21.2 Å². The van der Waals surface area contributed by atoms with Crippen LogP contribution in [0, 0.1) is 13.8 Å². The van der Waals surface area contributed by atoms with Gasteiger partial charge >= 0.3 is 0 Å². The third kappa shape index (κ3) is 5.09. The molecule has 1 fully saturated rings. The van der Waals surface area contributed by atoms with Crippen molar-refractivity contribution in [2.45, 2.75) is 65.5 Å². The van der Waals surface area contributed by atoms with Crippen molar-refractivity contribution in [3.63, 3.8) is 0 Å². The van der Waals surface area contributed by atoms with Gasteiger partial charge in [0.1, 0.15) is 6.54 Å². The van der Waals surface area contributed by atoms with Crippen LogP contribution in [0.5, 0.6) is 0 Å². The number of aromatic nitrogens is 2. The first-order valence-corrected chi connectivity index (χ1v) is 12.6. The second kappa shape index (κ2) is 9.00. The van der Waals surface area contributed by atoms with Crippen LogP contribution in [0.4, 0.5) is 0 Å². The fourth-order valence-electron chi connectivity index (χ4n) is 4.60. The molecular weight excluding hydrogens is 388 g/mol. The van der Waals surface area contributed by atoms with Crippen LogP contribution >= 0.6 is 0 Å². The maximum absolute atomic E-state index is 12.9. The summed E-state index contributed by atoms with van der Waals surface area (Å²) in [6, 6.07) is -0.0665. The summed E-state index contributed by atoms with van der Waals surface area (Å²) >= 11 is 0. The van der Waals surface area contributed by atoms with Crippen LogP contribution in [0.25, 0.3) is 0 Å². The Balaban J connectivity index is 1.66. The number of rotatable bonds is 7. The highest BCUT2D eigenvalue weighted by Crippen LogP contribution is 2.26. The molecule has 7 nitrogen and oxygen atoms in total. The van der Waals surface area contributed by atoms with E-state index in [0.29, 0.717) is 26.1 Å². The topological polar surface area (TPSA) is 76.7 Å². The largest absolute Gasteiger partial charge is 0.326 e. The van der Waals surface area contributed by atoms with E-state index in [0.717, 1.165) is 41.1 Å². The minimum atomic E-state index is -2.95. The van der Waals surface area contributed by atoms with Gasteiger partial charge in [-0.05, 0) is 52.9 Å². The number of carbonyl (C=O) groups excluding carboxylic acids is 1. The Hall–Kier alpha value is -1.67. The fourth-order valence-corrected chi connectivity index (χ4v) is 6.29. The second-order valence-electron chi connectivity index (χ2n) is 8.54. The molecule has 0 aromatic carbocycles. The monoisotopic (exact) mass is 423 g/mol. The van der Waals surface area contributed by atoms with Crippen molar-refractivity contribution in [2.75, 3.05) is 31.6 Å². The molecule has 1 aromatic heterocycles. The molecule has 29 heavy (non-hydrogen) atoms. The van der Waals surface area contributed by atoms with Crippen LogP contribution < -0.4 is 4.90 Å². The molecule has 1 aliphatic carbocycles. The quantitative estimate of drug-likeness (QED) is 0.715. The predicted molar refractivity (Wildman–Crippen MR) is 113 cm³/mol. The highest BCUT2D eigenvalue weighted by Gasteiger charge is 2.32. The van der Waals surface area contributed by atoms with Crippen LogP contribution in [-0.4, -0.2) is 60.6 Å². The number of hydrogen-bond donors (Lipinski definition) is 1. The molecule has 8 heteroatoms. The lowest BCUT2D eigenvalue weighted by Gasteiger charge is -2.27. The van der Waals surface area contributed by atoms with E-state index < -0.39 is 9.84 Å². The highest BCUT2D eigenvalue weighted by molar-refractivity contribution is 7.91. The zero-order chi connectivity index (χ0) is 21.2. The van der Waals surface area contributed by atoms with Crippen molar-refractivity contribution < 1.29 is 18.1 Å². The molecule has 2 aliphatic rings. The van der Waals surface area contributed by atoms with Crippen molar-refractivity contribution in [3.8, 4) is 0 Å². The van der Waals surface area contributed by atoms with E-state index in [4.69, 9.17) is 0 Å². The molecule has 2 heterocycles. The molecule has 1 amide bonds. The molecule has 1 aromatic rings. The van der Waals surface area contributed by atoms with Gasteiger partial charge in [-0.3, -0.25) is 9.48 Å². The average Bonchev–Trinajstić information content (AvgIpc) is 3.16. The van der Waals surface area contributed by atoms with Crippen LogP contribution in [0.15, 0.2) is 11.8 Å². The number of nitrogens with zero attached hydrogens (tertiary/aromatic N) is 3. The summed E-state index contributed by atoms with van der Waals surface area (Å²) in [4.78, 5) is 16.0. The Kier molecular flexibility index (Phi) is 6.83. The molecule has 1 saturated heterocycles. The number of aryl methyl sites for hydroxylation is 1. The third-order valence-corrected chi connectivity index (χ3v) is 7.94. The Morgan fingerprint density at radius 2 is 2.10 bits per heavy atom. The molecule has 1 aliphatic heterocycles. The number of likely N-dealkylation sites (N-methyl/N-ethyl adjacent to an activating group) is 2. The van der Waals surface area contributed by atoms with Gasteiger partial charge in [-0.1, -0.05) is 6.08 Å². The highest BCUT2D eigenvalue weighted by atomic mass is 32.2. The zero-order valence-corrected chi connectivity index (χ0v) is 19.0. The molecular formula is C21H35N4O3S+. The molecule has 0 bridgehead atoms. The SMILES string of the molecule is CCN(C(=O)C[NH+](C)Cc1c(C)nn([C@@H]2CCS(=O)(=O)C2)c1C)C1=CCCCC1. The first-order chi connectivity index (χ1) is 13.7. The molecule has 1 unspecified atom stereocenters. The number of allylic oxidation sites excluding steroid dienone is 2. The number of amides is 1. The fraction of sp³-hybridized carbons (Fsp3) is 0.714. The average molecular weight is 424 g/mol. The van der Waals surface area contributed by atoms with Crippen molar-refractivity contribution >= 4 is 15.7 Å². The summed E-state index contributed by atoms with van der Waals surface area (Å²) in [5.41, 5.74) is 4.26. The number of quaternary nitrogens is 1. The van der Waals surface area contributed by atoms with Gasteiger partial charge in [-0.25, -0.2) is 8.42 Å². The van der Waals surface area contributed by atoms with Gasteiger partial charge in [0, 0.05) is 17.9 Å². The van der Waals surface area contributed by atoms with E-state index in [1.54, 1.807) is 0 Å². The van der Waals surface area contributed by atoms with Gasteiger partial charge in [-0.2, -0.15) is 5.10 Å². The molecule has 162 valence electrons. The minimum Gasteiger partial charge on any atom is -0.326 e. The lowest BCUT2D eigenvalue weighted by Crippen LogP contribution is -3.09. The minimum absolute atomic E-state index is 0.0665. The van der Waals surface area contributed by atoms with E-state index >= 15 is 0 Å². The third-order valence-electron chi connectivity index (χ3n) is 6.19. The van der Waals surface area contributed by atoms with Gasteiger partial charge in [0.2, 0.25) is 0 Å². The van der Waals surface area contributed by atoms with E-state index in [1.807, 2.05) is 37.4 Å².